The molecule has 1 aliphatic heterocycles. The van der Waals surface area contributed by atoms with Gasteiger partial charge in [-0.3, -0.25) is 14.7 Å². The van der Waals surface area contributed by atoms with Crippen LogP contribution in [-0.2, 0) is 6.54 Å². The van der Waals surface area contributed by atoms with Gasteiger partial charge in [0, 0.05) is 38.1 Å². The molecule has 25 heavy (non-hydrogen) atoms. The number of nitrogens with zero attached hydrogens (tertiary/aromatic N) is 4. The molecule has 0 aliphatic carbocycles. The zero-order valence-corrected chi connectivity index (χ0v) is 14.5. The van der Waals surface area contributed by atoms with Gasteiger partial charge in [0.05, 0.1) is 11.3 Å². The van der Waals surface area contributed by atoms with E-state index < -0.39 is 0 Å². The first-order chi connectivity index (χ1) is 12.2. The van der Waals surface area contributed by atoms with E-state index >= 15 is 0 Å². The van der Waals surface area contributed by atoms with Gasteiger partial charge in [0.15, 0.2) is 0 Å². The van der Waals surface area contributed by atoms with Crippen molar-refractivity contribution < 1.29 is 4.79 Å². The van der Waals surface area contributed by atoms with Crippen LogP contribution in [0.3, 0.4) is 0 Å². The maximum atomic E-state index is 12.6. The zero-order chi connectivity index (χ0) is 17.6. The monoisotopic (exact) mass is 337 g/mol. The smallest absolute Gasteiger partial charge is 0.255 e. The van der Waals surface area contributed by atoms with Crippen LogP contribution in [0, 0.1) is 11.3 Å². The molecule has 0 spiro atoms. The summed E-state index contributed by atoms with van der Waals surface area (Å²) in [5.41, 5.74) is 2.06. The molecular formula is C19H23N5O. The second kappa shape index (κ2) is 7.95. The van der Waals surface area contributed by atoms with Crippen molar-refractivity contribution in [2.45, 2.75) is 31.8 Å². The highest BCUT2D eigenvalue weighted by Crippen LogP contribution is 2.19. The van der Waals surface area contributed by atoms with E-state index in [0.717, 1.165) is 44.6 Å². The molecule has 1 amide bonds. The van der Waals surface area contributed by atoms with E-state index in [0.29, 0.717) is 17.3 Å². The van der Waals surface area contributed by atoms with Crippen LogP contribution in [-0.4, -0.2) is 51.9 Å². The van der Waals surface area contributed by atoms with Crippen molar-refractivity contribution >= 4 is 5.91 Å². The summed E-state index contributed by atoms with van der Waals surface area (Å²) in [7, 11) is 2.13. The minimum absolute atomic E-state index is 0.00535. The molecule has 0 bridgehead atoms. The van der Waals surface area contributed by atoms with E-state index in [-0.39, 0.29) is 5.91 Å². The second-order valence-electron chi connectivity index (χ2n) is 6.53. The number of hydrogen-bond acceptors (Lipinski definition) is 4. The number of carbonyl (C=O) groups is 1. The number of pyridine rings is 1. The number of aromatic amines is 1. The lowest BCUT2D eigenvalue weighted by Gasteiger charge is -2.27. The molecule has 0 aromatic carbocycles. The normalized spacial score (nSPS) is 18.0. The van der Waals surface area contributed by atoms with Crippen LogP contribution < -0.4 is 0 Å². The fourth-order valence-electron chi connectivity index (χ4n) is 3.36. The number of hydrogen-bond donors (Lipinski definition) is 1. The Balaban J connectivity index is 1.58. The molecule has 1 saturated heterocycles. The molecular weight excluding hydrogens is 314 g/mol. The van der Waals surface area contributed by atoms with E-state index in [1.807, 2.05) is 35.4 Å². The SMILES string of the molecule is CN(Cc1ccccn1)[C@H]1CCCN(C(=O)c2c[nH]c(C#N)c2)CC1. The van der Waals surface area contributed by atoms with Crippen LogP contribution in [0.4, 0.5) is 0 Å². The molecule has 1 atom stereocenters. The summed E-state index contributed by atoms with van der Waals surface area (Å²) < 4.78 is 0. The van der Waals surface area contributed by atoms with Crippen molar-refractivity contribution in [3.05, 3.63) is 53.6 Å². The Morgan fingerprint density at radius 1 is 1.44 bits per heavy atom. The topological polar surface area (TPSA) is 76.0 Å². The molecule has 1 aliphatic rings. The summed E-state index contributed by atoms with van der Waals surface area (Å²) in [5, 5.41) is 8.89. The minimum Gasteiger partial charge on any atom is -0.352 e. The molecule has 3 rings (SSSR count). The van der Waals surface area contributed by atoms with Crippen LogP contribution in [0.25, 0.3) is 0 Å². The third kappa shape index (κ3) is 4.25. The van der Waals surface area contributed by atoms with Gasteiger partial charge in [-0.25, -0.2) is 0 Å². The van der Waals surface area contributed by atoms with Crippen molar-refractivity contribution in [3.8, 4) is 6.07 Å². The Morgan fingerprint density at radius 2 is 2.32 bits per heavy atom. The summed E-state index contributed by atoms with van der Waals surface area (Å²) in [5.74, 6) is 0.00535. The fourth-order valence-corrected chi connectivity index (χ4v) is 3.36. The highest BCUT2D eigenvalue weighted by Gasteiger charge is 2.24. The van der Waals surface area contributed by atoms with Gasteiger partial charge in [-0.1, -0.05) is 6.07 Å². The molecule has 0 radical (unpaired) electrons. The standard InChI is InChI=1S/C19H23N5O/c1-23(14-16-5-2-3-8-21-16)18-6-4-9-24(10-7-18)19(25)15-11-17(12-20)22-13-15/h2-3,5,8,11,13,18,22H,4,6-7,9-10,14H2,1H3/t18-/m0/s1. The van der Waals surface area contributed by atoms with Crippen LogP contribution >= 0.6 is 0 Å². The molecule has 0 saturated carbocycles. The number of carbonyl (C=O) groups excluding carboxylic acids is 1. The average Bonchev–Trinajstić information content (AvgIpc) is 2.98. The van der Waals surface area contributed by atoms with Crippen LogP contribution in [0.2, 0.25) is 0 Å². The second-order valence-corrected chi connectivity index (χ2v) is 6.53. The first-order valence-corrected chi connectivity index (χ1v) is 8.65. The van der Waals surface area contributed by atoms with E-state index in [4.69, 9.17) is 5.26 Å². The number of H-pyrrole nitrogens is 1. The Labute approximate surface area is 148 Å². The van der Waals surface area contributed by atoms with Gasteiger partial charge >= 0.3 is 0 Å². The number of nitriles is 1. The summed E-state index contributed by atoms with van der Waals surface area (Å²) in [6.07, 6.45) is 6.45. The Kier molecular flexibility index (Phi) is 5.46. The van der Waals surface area contributed by atoms with Crippen molar-refractivity contribution in [3.63, 3.8) is 0 Å². The molecule has 6 nitrogen and oxygen atoms in total. The van der Waals surface area contributed by atoms with Crippen LogP contribution in [0.1, 0.15) is 41.0 Å². The van der Waals surface area contributed by atoms with E-state index in [1.54, 1.807) is 12.3 Å². The molecule has 2 aromatic rings. The number of rotatable bonds is 4. The maximum absolute atomic E-state index is 12.6. The lowest BCUT2D eigenvalue weighted by Crippen LogP contribution is -2.34. The van der Waals surface area contributed by atoms with Crippen molar-refractivity contribution in [1.82, 2.24) is 19.8 Å². The Morgan fingerprint density at radius 3 is 3.04 bits per heavy atom. The first kappa shape index (κ1) is 17.2. The van der Waals surface area contributed by atoms with Gasteiger partial charge < -0.3 is 9.88 Å². The molecule has 0 unspecified atom stereocenters. The van der Waals surface area contributed by atoms with Gasteiger partial charge in [-0.15, -0.1) is 0 Å². The van der Waals surface area contributed by atoms with Crippen molar-refractivity contribution in [1.29, 1.82) is 5.26 Å². The number of amides is 1. The minimum atomic E-state index is 0.00535. The lowest BCUT2D eigenvalue weighted by molar-refractivity contribution is 0.0757. The molecule has 6 heteroatoms. The molecule has 1 N–H and O–H groups in total. The molecule has 3 heterocycles. The zero-order valence-electron chi connectivity index (χ0n) is 14.5. The lowest BCUT2D eigenvalue weighted by atomic mass is 10.1. The maximum Gasteiger partial charge on any atom is 0.255 e. The van der Waals surface area contributed by atoms with Crippen LogP contribution in [0.5, 0.6) is 0 Å². The van der Waals surface area contributed by atoms with Gasteiger partial charge in [-0.05, 0) is 44.5 Å². The van der Waals surface area contributed by atoms with E-state index in [2.05, 4.69) is 21.9 Å². The van der Waals surface area contributed by atoms with E-state index in [9.17, 15) is 4.79 Å². The largest absolute Gasteiger partial charge is 0.352 e. The summed E-state index contributed by atoms with van der Waals surface area (Å²) in [6, 6.07) is 10.1. The summed E-state index contributed by atoms with van der Waals surface area (Å²) >= 11 is 0. The molecule has 130 valence electrons. The Bertz CT molecular complexity index is 749. The highest BCUT2D eigenvalue weighted by atomic mass is 16.2. The van der Waals surface area contributed by atoms with Gasteiger partial charge in [0.1, 0.15) is 11.8 Å². The van der Waals surface area contributed by atoms with Gasteiger partial charge in [0.2, 0.25) is 0 Å². The number of likely N-dealkylation sites (tertiary alicyclic amines) is 1. The van der Waals surface area contributed by atoms with E-state index in [1.165, 1.54) is 0 Å². The van der Waals surface area contributed by atoms with Gasteiger partial charge in [0.25, 0.3) is 5.91 Å². The quantitative estimate of drug-likeness (QED) is 0.929. The predicted molar refractivity (Wildman–Crippen MR) is 94.8 cm³/mol. The first-order valence-electron chi connectivity index (χ1n) is 8.65. The number of aromatic nitrogens is 2. The van der Waals surface area contributed by atoms with Crippen LogP contribution in [0.15, 0.2) is 36.7 Å². The van der Waals surface area contributed by atoms with Crippen molar-refractivity contribution in [2.75, 3.05) is 20.1 Å². The summed E-state index contributed by atoms with van der Waals surface area (Å²) in [6.45, 7) is 2.33. The fraction of sp³-hybridized carbons (Fsp3) is 0.421. The summed E-state index contributed by atoms with van der Waals surface area (Å²) in [4.78, 5) is 24.1. The third-order valence-corrected chi connectivity index (χ3v) is 4.80. The molecule has 2 aromatic heterocycles. The molecule has 1 fully saturated rings. The predicted octanol–water partition coefficient (Wildman–Crippen LogP) is 2.41. The van der Waals surface area contributed by atoms with Crippen molar-refractivity contribution in [2.24, 2.45) is 0 Å². The highest BCUT2D eigenvalue weighted by molar-refractivity contribution is 5.94. The number of nitrogens with one attached hydrogen (secondary N) is 1. The van der Waals surface area contributed by atoms with Gasteiger partial charge in [-0.2, -0.15) is 5.26 Å². The average molecular weight is 337 g/mol. The third-order valence-electron chi connectivity index (χ3n) is 4.80. The Hall–Kier alpha value is -2.65.